The average molecular weight is 279 g/mol. The number of fused-ring (bicyclic) bond motifs is 2. The lowest BCUT2D eigenvalue weighted by Crippen LogP contribution is -2.47. The van der Waals surface area contributed by atoms with Gasteiger partial charge in [0.15, 0.2) is 0 Å². The van der Waals surface area contributed by atoms with Crippen molar-refractivity contribution in [3.05, 3.63) is 0 Å². The van der Waals surface area contributed by atoms with Crippen LogP contribution in [0.2, 0.25) is 0 Å². The van der Waals surface area contributed by atoms with Gasteiger partial charge in [0.25, 0.3) is 0 Å². The number of hydrogen-bond acceptors (Lipinski definition) is 3. The van der Waals surface area contributed by atoms with Crippen molar-refractivity contribution in [3.8, 4) is 0 Å². The number of carbonyl (C=O) groups excluding carboxylic acids is 1. The smallest absolute Gasteiger partial charge is 0.320 e. The molecule has 3 aliphatic rings. The number of nitrogens with zero attached hydrogens (tertiary/aromatic N) is 1. The van der Waals surface area contributed by atoms with Gasteiger partial charge in [0.05, 0.1) is 6.54 Å². The van der Waals surface area contributed by atoms with Crippen molar-refractivity contribution in [1.82, 2.24) is 4.90 Å². The molecule has 2 aliphatic carbocycles. The molecule has 3 fully saturated rings. The van der Waals surface area contributed by atoms with Crippen LogP contribution in [0, 0.1) is 17.8 Å². The van der Waals surface area contributed by atoms with E-state index in [1.165, 1.54) is 38.5 Å². The lowest BCUT2D eigenvalue weighted by molar-refractivity contribution is -0.151. The van der Waals surface area contributed by atoms with Crippen molar-refractivity contribution in [3.63, 3.8) is 0 Å². The van der Waals surface area contributed by atoms with E-state index in [0.717, 1.165) is 43.7 Å². The maximum absolute atomic E-state index is 12.1. The van der Waals surface area contributed by atoms with Crippen LogP contribution in [0.15, 0.2) is 0 Å². The van der Waals surface area contributed by atoms with Crippen molar-refractivity contribution in [1.29, 1.82) is 0 Å². The van der Waals surface area contributed by atoms with Gasteiger partial charge >= 0.3 is 5.97 Å². The first kappa shape index (κ1) is 14.4. The summed E-state index contributed by atoms with van der Waals surface area (Å²) < 4.78 is 5.61. The number of carbonyl (C=O) groups is 1. The van der Waals surface area contributed by atoms with Gasteiger partial charge in [-0.25, -0.2) is 0 Å². The molecule has 0 spiro atoms. The second-order valence-corrected chi connectivity index (χ2v) is 7.25. The Morgan fingerprint density at radius 2 is 1.55 bits per heavy atom. The quantitative estimate of drug-likeness (QED) is 0.743. The maximum Gasteiger partial charge on any atom is 0.320 e. The largest absolute Gasteiger partial charge is 0.461 e. The normalized spacial score (nSPS) is 35.8. The molecule has 114 valence electrons. The van der Waals surface area contributed by atoms with Crippen LogP contribution in [0.5, 0.6) is 0 Å². The Morgan fingerprint density at radius 1 is 1.00 bits per heavy atom. The molecule has 2 saturated carbocycles. The lowest BCUT2D eigenvalue weighted by Gasteiger charge is -2.41. The van der Waals surface area contributed by atoms with Gasteiger partial charge in [-0.15, -0.1) is 0 Å². The van der Waals surface area contributed by atoms with Crippen LogP contribution in [0.4, 0.5) is 0 Å². The monoisotopic (exact) mass is 279 g/mol. The predicted octanol–water partition coefficient (Wildman–Crippen LogP) is 3.23. The topological polar surface area (TPSA) is 29.5 Å². The van der Waals surface area contributed by atoms with Gasteiger partial charge in [-0.2, -0.15) is 0 Å². The molecule has 3 rings (SSSR count). The summed E-state index contributed by atoms with van der Waals surface area (Å²) in [6, 6.07) is 0. The summed E-state index contributed by atoms with van der Waals surface area (Å²) in [6.07, 6.45) is 10.3. The van der Waals surface area contributed by atoms with Crippen LogP contribution in [0.25, 0.3) is 0 Å². The molecular weight excluding hydrogens is 250 g/mol. The lowest BCUT2D eigenvalue weighted by atomic mass is 9.78. The highest BCUT2D eigenvalue weighted by Crippen LogP contribution is 2.37. The van der Waals surface area contributed by atoms with Crippen molar-refractivity contribution in [2.75, 3.05) is 19.6 Å². The van der Waals surface area contributed by atoms with E-state index in [2.05, 4.69) is 11.8 Å². The summed E-state index contributed by atoms with van der Waals surface area (Å²) in [5, 5.41) is 0. The Bertz CT molecular complexity index is 322. The zero-order valence-corrected chi connectivity index (χ0v) is 12.9. The Hall–Kier alpha value is -0.570. The van der Waals surface area contributed by atoms with Gasteiger partial charge in [0.2, 0.25) is 0 Å². The molecule has 2 bridgehead atoms. The number of ether oxygens (including phenoxy) is 1. The first-order chi connectivity index (χ1) is 9.72. The highest BCUT2D eigenvalue weighted by molar-refractivity contribution is 5.71. The van der Waals surface area contributed by atoms with Crippen molar-refractivity contribution in [2.45, 2.75) is 64.4 Å². The summed E-state index contributed by atoms with van der Waals surface area (Å²) in [7, 11) is 0. The van der Waals surface area contributed by atoms with Gasteiger partial charge in [-0.3, -0.25) is 9.69 Å². The highest BCUT2D eigenvalue weighted by atomic mass is 16.5. The third-order valence-corrected chi connectivity index (χ3v) is 5.83. The first-order valence-electron chi connectivity index (χ1n) is 8.64. The highest BCUT2D eigenvalue weighted by Gasteiger charge is 2.36. The van der Waals surface area contributed by atoms with E-state index in [4.69, 9.17) is 4.74 Å². The van der Waals surface area contributed by atoms with E-state index in [-0.39, 0.29) is 12.1 Å². The van der Waals surface area contributed by atoms with Gasteiger partial charge in [0, 0.05) is 13.1 Å². The molecule has 3 heteroatoms. The van der Waals surface area contributed by atoms with Crippen LogP contribution in [0.1, 0.15) is 58.3 Å². The predicted molar refractivity (Wildman–Crippen MR) is 79.4 cm³/mol. The number of likely N-dealkylation sites (tertiary alicyclic amines) is 1. The fraction of sp³-hybridized carbons (Fsp3) is 0.941. The third kappa shape index (κ3) is 3.36. The van der Waals surface area contributed by atoms with E-state index in [1.807, 2.05) is 0 Å². The summed E-state index contributed by atoms with van der Waals surface area (Å²) in [5.74, 6) is 2.47. The van der Waals surface area contributed by atoms with Crippen LogP contribution >= 0.6 is 0 Å². The Kier molecular flexibility index (Phi) is 4.65. The van der Waals surface area contributed by atoms with Crippen LogP contribution in [-0.4, -0.2) is 36.6 Å². The number of piperidine rings is 1. The standard InChI is InChI=1S/C17H29NO2/c1-13-14-6-2-3-7-15(13)11-18(10-14)12-17(19)20-16-8-4-5-9-16/h13-16H,2-12H2,1H3. The Labute approximate surface area is 123 Å². The van der Waals surface area contributed by atoms with E-state index in [1.54, 1.807) is 0 Å². The second-order valence-electron chi connectivity index (χ2n) is 7.25. The minimum atomic E-state index is 0.0169. The van der Waals surface area contributed by atoms with E-state index >= 15 is 0 Å². The minimum absolute atomic E-state index is 0.0169. The summed E-state index contributed by atoms with van der Waals surface area (Å²) in [4.78, 5) is 14.5. The number of esters is 1. The zero-order valence-electron chi connectivity index (χ0n) is 12.9. The van der Waals surface area contributed by atoms with E-state index in [9.17, 15) is 4.79 Å². The Balaban J connectivity index is 1.51. The summed E-state index contributed by atoms with van der Waals surface area (Å²) >= 11 is 0. The minimum Gasteiger partial charge on any atom is -0.461 e. The van der Waals surface area contributed by atoms with E-state index < -0.39 is 0 Å². The SMILES string of the molecule is CC1C2CCCCC1CN(CC(=O)OC1CCCC1)C2. The third-order valence-electron chi connectivity index (χ3n) is 5.83. The maximum atomic E-state index is 12.1. The van der Waals surface area contributed by atoms with Crippen molar-refractivity contribution >= 4 is 5.97 Å². The first-order valence-corrected chi connectivity index (χ1v) is 8.64. The summed E-state index contributed by atoms with van der Waals surface area (Å²) in [6.45, 7) is 5.17. The molecule has 1 saturated heterocycles. The van der Waals surface area contributed by atoms with Crippen LogP contribution < -0.4 is 0 Å². The molecule has 2 atom stereocenters. The molecule has 3 nitrogen and oxygen atoms in total. The zero-order chi connectivity index (χ0) is 13.9. The molecule has 0 aromatic rings. The molecule has 0 aromatic heterocycles. The van der Waals surface area contributed by atoms with Crippen molar-refractivity contribution < 1.29 is 9.53 Å². The van der Waals surface area contributed by atoms with Gasteiger partial charge in [0.1, 0.15) is 6.10 Å². The fourth-order valence-electron chi connectivity index (χ4n) is 4.52. The number of rotatable bonds is 3. The molecule has 0 N–H and O–H groups in total. The van der Waals surface area contributed by atoms with Crippen LogP contribution in [0.3, 0.4) is 0 Å². The molecule has 0 aromatic carbocycles. The van der Waals surface area contributed by atoms with Gasteiger partial charge in [-0.05, 0) is 56.3 Å². The molecule has 1 aliphatic heterocycles. The van der Waals surface area contributed by atoms with Crippen molar-refractivity contribution in [2.24, 2.45) is 17.8 Å². The molecule has 0 amide bonds. The average Bonchev–Trinajstić information content (AvgIpc) is 2.88. The molecule has 2 unspecified atom stereocenters. The Morgan fingerprint density at radius 3 is 2.15 bits per heavy atom. The molecule has 0 radical (unpaired) electrons. The summed E-state index contributed by atoms with van der Waals surface area (Å²) in [5.41, 5.74) is 0. The molecule has 1 heterocycles. The fourth-order valence-corrected chi connectivity index (χ4v) is 4.52. The van der Waals surface area contributed by atoms with Crippen LogP contribution in [-0.2, 0) is 9.53 Å². The van der Waals surface area contributed by atoms with Gasteiger partial charge in [-0.1, -0.05) is 19.8 Å². The second kappa shape index (κ2) is 6.46. The molecule has 20 heavy (non-hydrogen) atoms. The molecular formula is C17H29NO2. The van der Waals surface area contributed by atoms with Gasteiger partial charge < -0.3 is 4.74 Å². The van der Waals surface area contributed by atoms with E-state index in [0.29, 0.717) is 6.54 Å². The number of hydrogen-bond donors (Lipinski definition) is 0.